The second-order valence-electron chi connectivity index (χ2n) is 4.13. The van der Waals surface area contributed by atoms with Crippen molar-refractivity contribution in [2.45, 2.75) is 32.1 Å². The van der Waals surface area contributed by atoms with Crippen LogP contribution in [0.5, 0.6) is 0 Å². The number of nitrogens with one attached hydrogen (secondary N) is 1. The Morgan fingerprint density at radius 1 is 1.47 bits per heavy atom. The van der Waals surface area contributed by atoms with E-state index in [1.165, 1.54) is 25.1 Å². The smallest absolute Gasteiger partial charge is 0.310 e. The molecule has 0 fully saturated rings. The van der Waals surface area contributed by atoms with Gasteiger partial charge in [0.15, 0.2) is 0 Å². The van der Waals surface area contributed by atoms with E-state index in [0.29, 0.717) is 5.56 Å². The van der Waals surface area contributed by atoms with E-state index in [-0.39, 0.29) is 17.3 Å². The molecule has 1 atom stereocenters. The largest absolute Gasteiger partial charge is 0.390 e. The predicted octanol–water partition coefficient (Wildman–Crippen LogP) is 3.68. The fourth-order valence-corrected chi connectivity index (χ4v) is 1.70. The Morgan fingerprint density at radius 2 is 2.11 bits per heavy atom. The first-order valence-electron chi connectivity index (χ1n) is 5.42. The Labute approximate surface area is 112 Å². The Hall–Kier alpha value is -1.34. The third-order valence-corrected chi connectivity index (χ3v) is 2.79. The van der Waals surface area contributed by atoms with E-state index in [2.05, 4.69) is 5.32 Å². The van der Waals surface area contributed by atoms with E-state index in [4.69, 9.17) is 11.6 Å². The highest BCUT2D eigenvalue weighted by Crippen LogP contribution is 2.24. The van der Waals surface area contributed by atoms with Crippen molar-refractivity contribution in [3.05, 3.63) is 38.9 Å². The van der Waals surface area contributed by atoms with E-state index in [1.54, 1.807) is 0 Å². The van der Waals surface area contributed by atoms with E-state index >= 15 is 0 Å². The summed E-state index contributed by atoms with van der Waals surface area (Å²) >= 11 is 5.83. The zero-order valence-electron chi connectivity index (χ0n) is 10.00. The topological polar surface area (TPSA) is 55.2 Å². The minimum absolute atomic E-state index is 0.0394. The molecule has 19 heavy (non-hydrogen) atoms. The normalized spacial score (nSPS) is 13.3. The predicted molar refractivity (Wildman–Crippen MR) is 65.1 cm³/mol. The lowest BCUT2D eigenvalue weighted by molar-refractivity contribution is -0.384. The molecule has 0 bridgehead atoms. The van der Waals surface area contributed by atoms with Crippen molar-refractivity contribution in [2.24, 2.45) is 0 Å². The number of benzene rings is 1. The molecule has 4 nitrogen and oxygen atoms in total. The molecule has 0 aromatic heterocycles. The van der Waals surface area contributed by atoms with E-state index in [0.717, 1.165) is 0 Å². The van der Waals surface area contributed by atoms with Crippen molar-refractivity contribution in [2.75, 3.05) is 0 Å². The molecular formula is C11H12ClF3N2O2. The molecule has 1 N–H and O–H groups in total. The number of rotatable bonds is 5. The van der Waals surface area contributed by atoms with Gasteiger partial charge >= 0.3 is 6.18 Å². The lowest BCUT2D eigenvalue weighted by Crippen LogP contribution is -2.30. The van der Waals surface area contributed by atoms with Crippen LogP contribution in [0.1, 0.15) is 18.9 Å². The summed E-state index contributed by atoms with van der Waals surface area (Å²) in [6.07, 6.45) is -5.22. The van der Waals surface area contributed by atoms with Crippen molar-refractivity contribution in [1.82, 2.24) is 5.32 Å². The molecule has 0 heterocycles. The summed E-state index contributed by atoms with van der Waals surface area (Å²) in [5.74, 6) is 0. The van der Waals surface area contributed by atoms with Crippen molar-refractivity contribution >= 4 is 17.3 Å². The molecular weight excluding hydrogens is 285 g/mol. The lowest BCUT2D eigenvalue weighted by atomic mass is 10.1. The van der Waals surface area contributed by atoms with Gasteiger partial charge in [-0.2, -0.15) is 13.2 Å². The van der Waals surface area contributed by atoms with E-state index in [9.17, 15) is 23.3 Å². The standard InChI is InChI=1S/C11H12ClF3N2O2/c1-7(5-11(13,14)15)16-6-8-4-9(17(18)19)2-3-10(8)12/h2-4,7,16H,5-6H2,1H3. The number of halogens is 4. The first kappa shape index (κ1) is 15.7. The molecule has 0 aliphatic heterocycles. The third kappa shape index (κ3) is 5.44. The molecule has 106 valence electrons. The van der Waals surface area contributed by atoms with Crippen LogP contribution in [-0.2, 0) is 6.54 Å². The minimum atomic E-state index is -4.25. The van der Waals surface area contributed by atoms with Crippen molar-refractivity contribution in [3.8, 4) is 0 Å². The average molecular weight is 297 g/mol. The molecule has 0 aliphatic carbocycles. The van der Waals surface area contributed by atoms with Crippen LogP contribution in [0.15, 0.2) is 18.2 Å². The number of nitro groups is 1. The first-order chi connectivity index (χ1) is 8.69. The van der Waals surface area contributed by atoms with Crippen LogP contribution < -0.4 is 5.32 Å². The molecule has 1 aromatic carbocycles. The van der Waals surface area contributed by atoms with Crippen LogP contribution in [0.3, 0.4) is 0 Å². The maximum atomic E-state index is 12.1. The highest BCUT2D eigenvalue weighted by molar-refractivity contribution is 6.31. The number of nitrogens with zero attached hydrogens (tertiary/aromatic N) is 1. The van der Waals surface area contributed by atoms with Gasteiger partial charge in [0.2, 0.25) is 0 Å². The van der Waals surface area contributed by atoms with Crippen LogP contribution in [-0.4, -0.2) is 17.1 Å². The van der Waals surface area contributed by atoms with E-state index < -0.39 is 23.6 Å². The zero-order chi connectivity index (χ0) is 14.6. The number of alkyl halides is 3. The number of nitro benzene ring substituents is 1. The maximum Gasteiger partial charge on any atom is 0.390 e. The molecule has 0 saturated heterocycles. The second kappa shape index (κ2) is 6.21. The summed E-state index contributed by atoms with van der Waals surface area (Å²) in [6, 6.07) is 3.04. The summed E-state index contributed by atoms with van der Waals surface area (Å²) in [5.41, 5.74) is 0.245. The number of non-ortho nitro benzene ring substituents is 1. The van der Waals surface area contributed by atoms with Crippen molar-refractivity contribution < 1.29 is 18.1 Å². The molecule has 0 amide bonds. The van der Waals surface area contributed by atoms with Crippen LogP contribution in [0.4, 0.5) is 18.9 Å². The fraction of sp³-hybridized carbons (Fsp3) is 0.455. The van der Waals surface area contributed by atoms with Crippen LogP contribution in [0.25, 0.3) is 0 Å². The van der Waals surface area contributed by atoms with Gasteiger partial charge in [-0.1, -0.05) is 11.6 Å². The maximum absolute atomic E-state index is 12.1. The highest BCUT2D eigenvalue weighted by atomic mass is 35.5. The lowest BCUT2D eigenvalue weighted by Gasteiger charge is -2.16. The van der Waals surface area contributed by atoms with Crippen molar-refractivity contribution in [1.29, 1.82) is 0 Å². The van der Waals surface area contributed by atoms with Gasteiger partial charge in [0.1, 0.15) is 0 Å². The summed E-state index contributed by atoms with van der Waals surface area (Å²) in [6.45, 7) is 1.43. The Kier molecular flexibility index (Phi) is 5.13. The monoisotopic (exact) mass is 296 g/mol. The quantitative estimate of drug-likeness (QED) is 0.666. The van der Waals surface area contributed by atoms with Crippen LogP contribution in [0, 0.1) is 10.1 Å². The third-order valence-electron chi connectivity index (χ3n) is 2.42. The second-order valence-corrected chi connectivity index (χ2v) is 4.54. The van der Waals surface area contributed by atoms with Crippen LogP contribution in [0.2, 0.25) is 5.02 Å². The summed E-state index contributed by atoms with van der Waals surface area (Å²) in [7, 11) is 0. The number of hydrogen-bond acceptors (Lipinski definition) is 3. The molecule has 1 rings (SSSR count). The Bertz CT molecular complexity index is 466. The van der Waals surface area contributed by atoms with Gasteiger partial charge in [-0.25, -0.2) is 0 Å². The van der Waals surface area contributed by atoms with Gasteiger partial charge in [0.25, 0.3) is 5.69 Å². The summed E-state index contributed by atoms with van der Waals surface area (Å²) < 4.78 is 36.4. The molecule has 0 aliphatic rings. The Morgan fingerprint density at radius 3 is 2.63 bits per heavy atom. The SMILES string of the molecule is CC(CC(F)(F)F)NCc1cc([N+](=O)[O-])ccc1Cl. The van der Waals surface area contributed by atoms with E-state index in [1.807, 2.05) is 0 Å². The zero-order valence-corrected chi connectivity index (χ0v) is 10.8. The first-order valence-corrected chi connectivity index (χ1v) is 5.80. The Balaban J connectivity index is 2.67. The van der Waals surface area contributed by atoms with Gasteiger partial charge in [0, 0.05) is 29.7 Å². The van der Waals surface area contributed by atoms with Gasteiger partial charge in [-0.3, -0.25) is 10.1 Å². The minimum Gasteiger partial charge on any atom is -0.310 e. The molecule has 1 aromatic rings. The van der Waals surface area contributed by atoms with Crippen molar-refractivity contribution in [3.63, 3.8) is 0 Å². The number of hydrogen-bond donors (Lipinski definition) is 1. The summed E-state index contributed by atoms with van der Waals surface area (Å²) in [5, 5.41) is 13.5. The molecule has 1 unspecified atom stereocenters. The fourth-order valence-electron chi connectivity index (χ4n) is 1.51. The van der Waals surface area contributed by atoms with Gasteiger partial charge in [-0.15, -0.1) is 0 Å². The molecule has 0 spiro atoms. The van der Waals surface area contributed by atoms with Gasteiger partial charge < -0.3 is 5.32 Å². The molecule has 8 heteroatoms. The highest BCUT2D eigenvalue weighted by Gasteiger charge is 2.29. The van der Waals surface area contributed by atoms with Gasteiger partial charge in [-0.05, 0) is 18.6 Å². The molecule has 0 radical (unpaired) electrons. The van der Waals surface area contributed by atoms with Crippen LogP contribution >= 0.6 is 11.6 Å². The molecule has 0 saturated carbocycles. The van der Waals surface area contributed by atoms with Gasteiger partial charge in [0.05, 0.1) is 11.3 Å². The average Bonchev–Trinajstić information content (AvgIpc) is 2.25. The summed E-state index contributed by atoms with van der Waals surface area (Å²) in [4.78, 5) is 10.00.